The van der Waals surface area contributed by atoms with Gasteiger partial charge in [0.05, 0.1) is 12.2 Å². The summed E-state index contributed by atoms with van der Waals surface area (Å²) < 4.78 is 0. The van der Waals surface area contributed by atoms with E-state index in [4.69, 9.17) is 5.11 Å². The Labute approximate surface area is 111 Å². The number of rotatable bonds is 5. The van der Waals surface area contributed by atoms with Crippen LogP contribution < -0.4 is 10.2 Å². The SMILES string of the molecule is Cc1cc(N(C)CC(=O)NC2CC2)c(C(=O)O)cn1. The highest BCUT2D eigenvalue weighted by Gasteiger charge is 2.24. The van der Waals surface area contributed by atoms with Crippen molar-refractivity contribution < 1.29 is 14.7 Å². The predicted molar refractivity (Wildman–Crippen MR) is 70.4 cm³/mol. The van der Waals surface area contributed by atoms with Gasteiger partial charge in [-0.2, -0.15) is 0 Å². The number of likely N-dealkylation sites (N-methyl/N-ethyl adjacent to an activating group) is 1. The number of carbonyl (C=O) groups is 2. The maximum absolute atomic E-state index is 11.7. The average Bonchev–Trinajstić information content (AvgIpc) is 3.12. The smallest absolute Gasteiger partial charge is 0.339 e. The van der Waals surface area contributed by atoms with Gasteiger partial charge in [0.25, 0.3) is 0 Å². The van der Waals surface area contributed by atoms with E-state index in [0.29, 0.717) is 11.7 Å². The third-order valence-corrected chi connectivity index (χ3v) is 2.98. The van der Waals surface area contributed by atoms with Crippen LogP contribution in [0.1, 0.15) is 28.9 Å². The molecular formula is C13H17N3O3. The fourth-order valence-corrected chi connectivity index (χ4v) is 1.83. The van der Waals surface area contributed by atoms with Crippen molar-refractivity contribution in [1.29, 1.82) is 0 Å². The predicted octanol–water partition coefficient (Wildman–Crippen LogP) is 0.803. The molecule has 0 saturated heterocycles. The molecule has 0 unspecified atom stereocenters. The van der Waals surface area contributed by atoms with Crippen molar-refractivity contribution in [2.45, 2.75) is 25.8 Å². The van der Waals surface area contributed by atoms with E-state index in [1.165, 1.54) is 6.20 Å². The maximum Gasteiger partial charge on any atom is 0.339 e. The Balaban J connectivity index is 2.12. The zero-order chi connectivity index (χ0) is 14.0. The van der Waals surface area contributed by atoms with E-state index in [2.05, 4.69) is 10.3 Å². The Morgan fingerprint density at radius 1 is 1.53 bits per heavy atom. The average molecular weight is 263 g/mol. The fourth-order valence-electron chi connectivity index (χ4n) is 1.83. The van der Waals surface area contributed by atoms with Crippen molar-refractivity contribution in [1.82, 2.24) is 10.3 Å². The molecule has 0 bridgehead atoms. The quantitative estimate of drug-likeness (QED) is 0.821. The van der Waals surface area contributed by atoms with Crippen molar-refractivity contribution in [3.63, 3.8) is 0 Å². The van der Waals surface area contributed by atoms with Crippen molar-refractivity contribution in [2.24, 2.45) is 0 Å². The first-order valence-corrected chi connectivity index (χ1v) is 6.18. The van der Waals surface area contributed by atoms with Gasteiger partial charge < -0.3 is 15.3 Å². The molecule has 1 aromatic rings. The molecule has 0 radical (unpaired) electrons. The van der Waals surface area contributed by atoms with E-state index >= 15 is 0 Å². The first kappa shape index (κ1) is 13.3. The molecule has 1 saturated carbocycles. The molecule has 1 aliphatic carbocycles. The Bertz CT molecular complexity index is 512. The zero-order valence-electron chi connectivity index (χ0n) is 11.0. The number of aryl methyl sites for hydroxylation is 1. The van der Waals surface area contributed by atoms with Gasteiger partial charge in [-0.05, 0) is 25.8 Å². The number of pyridine rings is 1. The second-order valence-corrected chi connectivity index (χ2v) is 4.85. The minimum atomic E-state index is -1.04. The number of aromatic nitrogens is 1. The lowest BCUT2D eigenvalue weighted by atomic mass is 10.2. The zero-order valence-corrected chi connectivity index (χ0v) is 11.0. The third kappa shape index (κ3) is 3.43. The lowest BCUT2D eigenvalue weighted by Gasteiger charge is -2.20. The molecule has 0 atom stereocenters. The number of hydrogen-bond donors (Lipinski definition) is 2. The minimum Gasteiger partial charge on any atom is -0.478 e. The maximum atomic E-state index is 11.7. The van der Waals surface area contributed by atoms with Gasteiger partial charge in [0, 0.05) is 25.0 Å². The van der Waals surface area contributed by atoms with E-state index in [9.17, 15) is 9.59 Å². The van der Waals surface area contributed by atoms with Gasteiger partial charge in [-0.1, -0.05) is 0 Å². The van der Waals surface area contributed by atoms with Crippen molar-refractivity contribution in [3.8, 4) is 0 Å². The summed E-state index contributed by atoms with van der Waals surface area (Å²) in [6.45, 7) is 1.92. The van der Waals surface area contributed by atoms with Crippen molar-refractivity contribution in [3.05, 3.63) is 23.5 Å². The summed E-state index contributed by atoms with van der Waals surface area (Å²) in [5.74, 6) is -1.13. The van der Waals surface area contributed by atoms with Crippen LogP contribution in [0.5, 0.6) is 0 Å². The Morgan fingerprint density at radius 3 is 2.79 bits per heavy atom. The van der Waals surface area contributed by atoms with E-state index in [0.717, 1.165) is 18.5 Å². The van der Waals surface area contributed by atoms with Crippen molar-refractivity contribution >= 4 is 17.6 Å². The summed E-state index contributed by atoms with van der Waals surface area (Å²) in [5, 5.41) is 12.0. The Hall–Kier alpha value is -2.11. The molecule has 2 rings (SSSR count). The van der Waals surface area contributed by atoms with Gasteiger partial charge in [-0.15, -0.1) is 0 Å². The first-order chi connectivity index (χ1) is 8.97. The Kier molecular flexibility index (Phi) is 3.69. The molecule has 0 spiro atoms. The van der Waals surface area contributed by atoms with E-state index in [1.54, 1.807) is 24.9 Å². The summed E-state index contributed by atoms with van der Waals surface area (Å²) in [5.41, 5.74) is 1.33. The van der Waals surface area contributed by atoms with Gasteiger partial charge >= 0.3 is 5.97 Å². The van der Waals surface area contributed by atoms with E-state index in [1.807, 2.05) is 0 Å². The summed E-state index contributed by atoms with van der Waals surface area (Å²) in [6, 6.07) is 1.98. The number of amides is 1. The molecule has 2 N–H and O–H groups in total. The number of nitrogens with zero attached hydrogens (tertiary/aromatic N) is 2. The molecule has 102 valence electrons. The molecule has 19 heavy (non-hydrogen) atoms. The van der Waals surface area contributed by atoms with Crippen LogP contribution in [0.15, 0.2) is 12.3 Å². The number of anilines is 1. The second kappa shape index (κ2) is 5.26. The molecule has 1 heterocycles. The highest BCUT2D eigenvalue weighted by Crippen LogP contribution is 2.21. The van der Waals surface area contributed by atoms with Crippen LogP contribution in [-0.2, 0) is 4.79 Å². The molecule has 0 aliphatic heterocycles. The van der Waals surface area contributed by atoms with Crippen LogP contribution in [0.3, 0.4) is 0 Å². The normalized spacial score (nSPS) is 14.0. The van der Waals surface area contributed by atoms with Crippen LogP contribution in [0.4, 0.5) is 5.69 Å². The molecule has 1 aromatic heterocycles. The molecule has 1 amide bonds. The van der Waals surface area contributed by atoms with Crippen LogP contribution in [-0.4, -0.2) is 41.6 Å². The third-order valence-electron chi connectivity index (χ3n) is 2.98. The number of aromatic carboxylic acids is 1. The number of hydrogen-bond acceptors (Lipinski definition) is 4. The van der Waals surface area contributed by atoms with E-state index in [-0.39, 0.29) is 18.0 Å². The minimum absolute atomic E-state index is 0.0872. The molecule has 0 aromatic carbocycles. The lowest BCUT2D eigenvalue weighted by molar-refractivity contribution is -0.119. The van der Waals surface area contributed by atoms with Crippen LogP contribution in [0.2, 0.25) is 0 Å². The second-order valence-electron chi connectivity index (χ2n) is 4.85. The van der Waals surface area contributed by atoms with Crippen LogP contribution in [0, 0.1) is 6.92 Å². The molecule has 6 nitrogen and oxygen atoms in total. The highest BCUT2D eigenvalue weighted by atomic mass is 16.4. The lowest BCUT2D eigenvalue weighted by Crippen LogP contribution is -2.36. The van der Waals surface area contributed by atoms with Gasteiger partial charge in [-0.25, -0.2) is 4.79 Å². The van der Waals surface area contributed by atoms with Gasteiger partial charge in [0.1, 0.15) is 5.56 Å². The van der Waals surface area contributed by atoms with Gasteiger partial charge in [0.15, 0.2) is 0 Å². The first-order valence-electron chi connectivity index (χ1n) is 6.18. The van der Waals surface area contributed by atoms with E-state index < -0.39 is 5.97 Å². The molecule has 1 aliphatic rings. The number of carbonyl (C=O) groups excluding carboxylic acids is 1. The summed E-state index contributed by atoms with van der Waals surface area (Å²) in [4.78, 5) is 28.5. The summed E-state index contributed by atoms with van der Waals surface area (Å²) in [6.07, 6.45) is 3.39. The van der Waals surface area contributed by atoms with Crippen LogP contribution >= 0.6 is 0 Å². The fraction of sp³-hybridized carbons (Fsp3) is 0.462. The standard InChI is InChI=1S/C13H17N3O3/c1-8-5-11(10(6-14-8)13(18)19)16(2)7-12(17)15-9-3-4-9/h5-6,9H,3-4,7H2,1-2H3,(H,15,17)(H,18,19). The highest BCUT2D eigenvalue weighted by molar-refractivity contribution is 5.95. The van der Waals surface area contributed by atoms with Crippen LogP contribution in [0.25, 0.3) is 0 Å². The molecule has 6 heteroatoms. The number of carboxylic acids is 1. The van der Waals surface area contributed by atoms with Crippen molar-refractivity contribution in [2.75, 3.05) is 18.5 Å². The molecular weight excluding hydrogens is 246 g/mol. The van der Waals surface area contributed by atoms with Gasteiger partial charge in [0.2, 0.25) is 5.91 Å². The number of nitrogens with one attached hydrogen (secondary N) is 1. The largest absolute Gasteiger partial charge is 0.478 e. The Morgan fingerprint density at radius 2 is 2.21 bits per heavy atom. The number of carboxylic acid groups (broad SMARTS) is 1. The molecule has 1 fully saturated rings. The monoisotopic (exact) mass is 263 g/mol. The summed E-state index contributed by atoms with van der Waals surface area (Å²) in [7, 11) is 1.70. The summed E-state index contributed by atoms with van der Waals surface area (Å²) >= 11 is 0. The topological polar surface area (TPSA) is 82.5 Å². The van der Waals surface area contributed by atoms with Gasteiger partial charge in [-0.3, -0.25) is 9.78 Å².